The molecule has 2 amide bonds. The molecule has 0 saturated carbocycles. The van der Waals surface area contributed by atoms with E-state index >= 15 is 0 Å². The lowest BCUT2D eigenvalue weighted by Gasteiger charge is -2.33. The van der Waals surface area contributed by atoms with Crippen LogP contribution in [0.3, 0.4) is 0 Å². The number of aryl methyl sites for hydroxylation is 2. The van der Waals surface area contributed by atoms with Crippen LogP contribution in [0.2, 0.25) is 0 Å². The number of carbonyl (C=O) groups excluding carboxylic acids is 2. The fraction of sp³-hybridized carbons (Fsp3) is 0.529. The van der Waals surface area contributed by atoms with Crippen LogP contribution in [0.15, 0.2) is 11.1 Å². The summed E-state index contributed by atoms with van der Waals surface area (Å²) in [6.07, 6.45) is 3.65. The molecule has 0 spiro atoms. The van der Waals surface area contributed by atoms with Gasteiger partial charge in [-0.3, -0.25) is 14.4 Å². The van der Waals surface area contributed by atoms with Crippen molar-refractivity contribution in [2.45, 2.75) is 39.2 Å². The number of hydrogen-bond acceptors (Lipinski definition) is 5. The number of likely N-dealkylation sites (tertiary alicyclic amines) is 1. The van der Waals surface area contributed by atoms with Crippen LogP contribution in [0.1, 0.15) is 41.4 Å². The minimum absolute atomic E-state index is 0.00467. The van der Waals surface area contributed by atoms with E-state index in [0.717, 1.165) is 12.8 Å². The molecule has 134 valence electrons. The van der Waals surface area contributed by atoms with Crippen molar-refractivity contribution < 1.29 is 9.59 Å². The van der Waals surface area contributed by atoms with Gasteiger partial charge in [-0.15, -0.1) is 11.3 Å². The maximum atomic E-state index is 13.0. The Kier molecular flexibility index (Phi) is 4.89. The third-order valence-corrected chi connectivity index (χ3v) is 5.79. The molecule has 1 fully saturated rings. The summed E-state index contributed by atoms with van der Waals surface area (Å²) in [5, 5.41) is 3.49. The summed E-state index contributed by atoms with van der Waals surface area (Å²) in [6.45, 7) is 4.78. The van der Waals surface area contributed by atoms with Crippen LogP contribution >= 0.6 is 11.3 Å². The second-order valence-corrected chi connectivity index (χ2v) is 7.41. The van der Waals surface area contributed by atoms with E-state index in [2.05, 4.69) is 10.3 Å². The van der Waals surface area contributed by atoms with Gasteiger partial charge in [-0.25, -0.2) is 4.98 Å². The Balaban J connectivity index is 1.87. The van der Waals surface area contributed by atoms with Crippen molar-refractivity contribution in [1.82, 2.24) is 19.8 Å². The second-order valence-electron chi connectivity index (χ2n) is 6.41. The lowest BCUT2D eigenvalue weighted by atomic mass is 10.0. The minimum Gasteiger partial charge on any atom is -0.352 e. The first kappa shape index (κ1) is 17.6. The van der Waals surface area contributed by atoms with Crippen LogP contribution < -0.4 is 10.9 Å². The van der Waals surface area contributed by atoms with E-state index in [1.165, 1.54) is 22.2 Å². The summed E-state index contributed by atoms with van der Waals surface area (Å²) >= 11 is 1.27. The predicted octanol–water partition coefficient (Wildman–Crippen LogP) is 1.43. The van der Waals surface area contributed by atoms with Gasteiger partial charge in [-0.2, -0.15) is 0 Å². The minimum atomic E-state index is -0.135. The van der Waals surface area contributed by atoms with Crippen molar-refractivity contribution >= 4 is 33.4 Å². The first-order valence-corrected chi connectivity index (χ1v) is 9.27. The first-order valence-electron chi connectivity index (χ1n) is 8.45. The Bertz CT molecular complexity index is 886. The van der Waals surface area contributed by atoms with Crippen LogP contribution in [0.4, 0.5) is 0 Å². The molecule has 1 unspecified atom stereocenters. The molecule has 0 radical (unpaired) electrons. The largest absolute Gasteiger partial charge is 0.352 e. The molecule has 3 rings (SSSR count). The fourth-order valence-corrected chi connectivity index (χ4v) is 4.27. The number of fused-ring (bicyclic) bond motifs is 1. The van der Waals surface area contributed by atoms with Crippen molar-refractivity contribution in [2.75, 3.05) is 13.1 Å². The molecule has 8 heteroatoms. The molecule has 0 bridgehead atoms. The standard InChI is InChI=1S/C17H22N4O3S/c1-4-12(22)19-11-6-5-7-21(8-11)17(24)14-10(2)13-15(25-14)18-9-20(3)16(13)23/h9,11H,4-8H2,1-3H3,(H,19,22). The fourth-order valence-electron chi connectivity index (χ4n) is 3.17. The van der Waals surface area contributed by atoms with Gasteiger partial charge in [0.1, 0.15) is 4.83 Å². The average molecular weight is 362 g/mol. The number of rotatable bonds is 3. The zero-order valence-electron chi connectivity index (χ0n) is 14.7. The van der Waals surface area contributed by atoms with E-state index < -0.39 is 0 Å². The van der Waals surface area contributed by atoms with Gasteiger partial charge in [0.2, 0.25) is 5.91 Å². The van der Waals surface area contributed by atoms with Crippen molar-refractivity contribution in [3.63, 3.8) is 0 Å². The topological polar surface area (TPSA) is 84.3 Å². The summed E-state index contributed by atoms with van der Waals surface area (Å²) < 4.78 is 1.42. The molecule has 25 heavy (non-hydrogen) atoms. The van der Waals surface area contributed by atoms with Gasteiger partial charge in [0.25, 0.3) is 11.5 Å². The van der Waals surface area contributed by atoms with Crippen molar-refractivity contribution in [1.29, 1.82) is 0 Å². The first-order chi connectivity index (χ1) is 11.9. The third-order valence-electron chi connectivity index (χ3n) is 4.60. The SMILES string of the molecule is CCC(=O)NC1CCCN(C(=O)c2sc3ncn(C)c(=O)c3c2C)C1. The molecule has 1 aliphatic heterocycles. The van der Waals surface area contributed by atoms with E-state index in [1.807, 2.05) is 6.92 Å². The van der Waals surface area contributed by atoms with Gasteiger partial charge in [-0.1, -0.05) is 6.92 Å². The molecule has 1 saturated heterocycles. The Labute approximate surface area is 149 Å². The highest BCUT2D eigenvalue weighted by Crippen LogP contribution is 2.28. The maximum absolute atomic E-state index is 13.0. The number of carbonyl (C=O) groups is 2. The Morgan fingerprint density at radius 1 is 1.44 bits per heavy atom. The highest BCUT2D eigenvalue weighted by Gasteiger charge is 2.28. The normalized spacial score (nSPS) is 17.7. The predicted molar refractivity (Wildman–Crippen MR) is 97.0 cm³/mol. The van der Waals surface area contributed by atoms with Crippen LogP contribution in [0.25, 0.3) is 10.2 Å². The number of piperidine rings is 1. The molecular formula is C17H22N4O3S. The lowest BCUT2D eigenvalue weighted by molar-refractivity contribution is -0.121. The molecule has 7 nitrogen and oxygen atoms in total. The Morgan fingerprint density at radius 3 is 2.92 bits per heavy atom. The monoisotopic (exact) mass is 362 g/mol. The quantitative estimate of drug-likeness (QED) is 0.895. The van der Waals surface area contributed by atoms with E-state index in [1.54, 1.807) is 18.9 Å². The summed E-state index contributed by atoms with van der Waals surface area (Å²) in [6, 6.07) is -0.00849. The molecule has 2 aromatic heterocycles. The number of hydrogen-bond donors (Lipinski definition) is 1. The summed E-state index contributed by atoms with van der Waals surface area (Å²) in [5.74, 6) is -0.0805. The maximum Gasteiger partial charge on any atom is 0.264 e. The molecular weight excluding hydrogens is 340 g/mol. The van der Waals surface area contributed by atoms with E-state index in [0.29, 0.717) is 40.2 Å². The zero-order valence-corrected chi connectivity index (χ0v) is 15.5. The van der Waals surface area contributed by atoms with E-state index in [4.69, 9.17) is 0 Å². The molecule has 2 aromatic rings. The highest BCUT2D eigenvalue weighted by molar-refractivity contribution is 7.20. The second kappa shape index (κ2) is 6.95. The molecule has 1 aliphatic rings. The van der Waals surface area contributed by atoms with Crippen LogP contribution in [-0.4, -0.2) is 45.4 Å². The van der Waals surface area contributed by atoms with Gasteiger partial charge >= 0.3 is 0 Å². The van der Waals surface area contributed by atoms with E-state index in [9.17, 15) is 14.4 Å². The summed E-state index contributed by atoms with van der Waals surface area (Å²) in [5.41, 5.74) is 0.558. The van der Waals surface area contributed by atoms with Crippen molar-refractivity contribution in [2.24, 2.45) is 7.05 Å². The van der Waals surface area contributed by atoms with Crippen LogP contribution in [0, 0.1) is 6.92 Å². The van der Waals surface area contributed by atoms with Crippen LogP contribution in [-0.2, 0) is 11.8 Å². The number of nitrogens with one attached hydrogen (secondary N) is 1. The average Bonchev–Trinajstić information content (AvgIpc) is 2.95. The number of aromatic nitrogens is 2. The summed E-state index contributed by atoms with van der Waals surface area (Å²) in [7, 11) is 1.65. The molecule has 0 aliphatic carbocycles. The van der Waals surface area contributed by atoms with Crippen molar-refractivity contribution in [3.05, 3.63) is 27.1 Å². The highest BCUT2D eigenvalue weighted by atomic mass is 32.1. The van der Waals surface area contributed by atoms with Crippen LogP contribution in [0.5, 0.6) is 0 Å². The lowest BCUT2D eigenvalue weighted by Crippen LogP contribution is -2.49. The smallest absolute Gasteiger partial charge is 0.264 e. The van der Waals surface area contributed by atoms with Gasteiger partial charge in [0.05, 0.1) is 16.6 Å². The number of nitrogens with zero attached hydrogens (tertiary/aromatic N) is 3. The van der Waals surface area contributed by atoms with Gasteiger partial charge in [0.15, 0.2) is 0 Å². The van der Waals surface area contributed by atoms with E-state index in [-0.39, 0.29) is 23.4 Å². The Hall–Kier alpha value is -2.22. The van der Waals surface area contributed by atoms with Gasteiger partial charge in [-0.05, 0) is 25.3 Å². The zero-order chi connectivity index (χ0) is 18.1. The molecule has 1 atom stereocenters. The summed E-state index contributed by atoms with van der Waals surface area (Å²) in [4.78, 5) is 44.1. The molecule has 0 aromatic carbocycles. The Morgan fingerprint density at radius 2 is 2.20 bits per heavy atom. The molecule has 1 N–H and O–H groups in total. The number of amides is 2. The van der Waals surface area contributed by atoms with Gasteiger partial charge in [0, 0.05) is 32.6 Å². The van der Waals surface area contributed by atoms with Gasteiger partial charge < -0.3 is 14.8 Å². The van der Waals surface area contributed by atoms with Crippen molar-refractivity contribution in [3.8, 4) is 0 Å². The third kappa shape index (κ3) is 3.30. The number of thiophene rings is 1. The molecule has 3 heterocycles.